The second-order valence-corrected chi connectivity index (χ2v) is 5.14. The molecule has 0 saturated heterocycles. The molecule has 1 unspecified atom stereocenters. The van der Waals surface area contributed by atoms with Crippen LogP contribution in [0.3, 0.4) is 0 Å². The number of hydrogen-bond acceptors (Lipinski definition) is 3. The summed E-state index contributed by atoms with van der Waals surface area (Å²) in [6.07, 6.45) is 7.20. The summed E-state index contributed by atoms with van der Waals surface area (Å²) in [5.74, 6) is 2.07. The van der Waals surface area contributed by atoms with Gasteiger partial charge in [0.05, 0.1) is 0 Å². The van der Waals surface area contributed by atoms with Crippen molar-refractivity contribution in [1.82, 2.24) is 5.32 Å². The molecule has 0 spiro atoms. The largest absolute Gasteiger partial charge is 0.329 e. The third-order valence-corrected chi connectivity index (χ3v) is 3.73. The van der Waals surface area contributed by atoms with Gasteiger partial charge in [-0.05, 0) is 37.3 Å². The van der Waals surface area contributed by atoms with Gasteiger partial charge in [-0.2, -0.15) is 11.8 Å². The van der Waals surface area contributed by atoms with Crippen LogP contribution in [0.2, 0.25) is 0 Å². The summed E-state index contributed by atoms with van der Waals surface area (Å²) in [5.41, 5.74) is 5.75. The average Bonchev–Trinajstić information content (AvgIpc) is 2.28. The van der Waals surface area contributed by atoms with Gasteiger partial charge in [0.25, 0.3) is 0 Å². The van der Waals surface area contributed by atoms with Crippen molar-refractivity contribution in [3.05, 3.63) is 0 Å². The summed E-state index contributed by atoms with van der Waals surface area (Å²) in [6.45, 7) is 6.44. The molecule has 0 aliphatic rings. The number of rotatable bonds is 10. The van der Waals surface area contributed by atoms with Crippen molar-refractivity contribution in [2.75, 3.05) is 25.1 Å². The first-order valence-corrected chi connectivity index (χ1v) is 7.60. The summed E-state index contributed by atoms with van der Waals surface area (Å²) in [7, 11) is 0. The first-order chi connectivity index (χ1) is 7.28. The van der Waals surface area contributed by atoms with E-state index in [0.717, 1.165) is 19.0 Å². The minimum Gasteiger partial charge on any atom is -0.329 e. The zero-order chi connectivity index (χ0) is 11.5. The summed E-state index contributed by atoms with van der Waals surface area (Å²) >= 11 is 1.92. The highest BCUT2D eigenvalue weighted by Crippen LogP contribution is 2.07. The Kier molecular flexibility index (Phi) is 11.0. The van der Waals surface area contributed by atoms with E-state index in [-0.39, 0.29) is 0 Å². The third kappa shape index (κ3) is 8.12. The van der Waals surface area contributed by atoms with Crippen LogP contribution in [-0.2, 0) is 0 Å². The Balaban J connectivity index is 3.59. The monoisotopic (exact) mass is 232 g/mol. The predicted octanol–water partition coefficient (Wildman–Crippen LogP) is 2.48. The molecule has 3 heteroatoms. The van der Waals surface area contributed by atoms with Crippen LogP contribution in [0, 0.1) is 5.92 Å². The Bertz CT molecular complexity index is 127. The molecule has 15 heavy (non-hydrogen) atoms. The van der Waals surface area contributed by atoms with E-state index in [4.69, 9.17) is 5.73 Å². The van der Waals surface area contributed by atoms with E-state index in [1.54, 1.807) is 0 Å². The lowest BCUT2D eigenvalue weighted by molar-refractivity contribution is 0.396. The Morgan fingerprint density at radius 1 is 1.27 bits per heavy atom. The second-order valence-electron chi connectivity index (χ2n) is 4.16. The average molecular weight is 232 g/mol. The minimum atomic E-state index is 0.526. The van der Waals surface area contributed by atoms with E-state index >= 15 is 0 Å². The third-order valence-electron chi connectivity index (χ3n) is 3.04. The molecule has 92 valence electrons. The lowest BCUT2D eigenvalue weighted by Crippen LogP contribution is -2.38. The van der Waals surface area contributed by atoms with Crippen molar-refractivity contribution in [2.24, 2.45) is 11.7 Å². The van der Waals surface area contributed by atoms with Crippen LogP contribution in [0.5, 0.6) is 0 Å². The van der Waals surface area contributed by atoms with E-state index in [1.165, 1.54) is 31.4 Å². The molecule has 0 aliphatic heterocycles. The standard InChI is InChI=1S/C12H28N2S/c1-4-11(5-2)10-14-12(9-13)7-6-8-15-3/h11-12,14H,4-10,13H2,1-3H3. The molecule has 0 aromatic rings. The highest BCUT2D eigenvalue weighted by molar-refractivity contribution is 7.98. The Morgan fingerprint density at radius 3 is 2.40 bits per heavy atom. The van der Waals surface area contributed by atoms with Crippen molar-refractivity contribution < 1.29 is 0 Å². The van der Waals surface area contributed by atoms with Crippen LogP contribution in [-0.4, -0.2) is 31.1 Å². The van der Waals surface area contributed by atoms with Crippen LogP contribution >= 0.6 is 11.8 Å². The molecule has 0 bridgehead atoms. The van der Waals surface area contributed by atoms with Gasteiger partial charge in [0.2, 0.25) is 0 Å². The number of nitrogens with one attached hydrogen (secondary N) is 1. The van der Waals surface area contributed by atoms with Gasteiger partial charge in [-0.25, -0.2) is 0 Å². The van der Waals surface area contributed by atoms with E-state index in [2.05, 4.69) is 25.4 Å². The van der Waals surface area contributed by atoms with E-state index in [0.29, 0.717) is 6.04 Å². The molecule has 0 rings (SSSR count). The number of thioether (sulfide) groups is 1. The SMILES string of the molecule is CCC(CC)CNC(CN)CCCSC. The van der Waals surface area contributed by atoms with Crippen LogP contribution in [0.4, 0.5) is 0 Å². The fraction of sp³-hybridized carbons (Fsp3) is 1.00. The molecule has 0 amide bonds. The molecule has 3 N–H and O–H groups in total. The summed E-state index contributed by atoms with van der Waals surface area (Å²) in [5, 5.41) is 3.60. The van der Waals surface area contributed by atoms with E-state index in [9.17, 15) is 0 Å². The first-order valence-electron chi connectivity index (χ1n) is 6.20. The van der Waals surface area contributed by atoms with Crippen molar-refractivity contribution in [3.8, 4) is 0 Å². The number of hydrogen-bond donors (Lipinski definition) is 2. The zero-order valence-electron chi connectivity index (χ0n) is 10.6. The van der Waals surface area contributed by atoms with Crippen molar-refractivity contribution >= 4 is 11.8 Å². The van der Waals surface area contributed by atoms with Crippen LogP contribution in [0.25, 0.3) is 0 Å². The molecule has 0 fully saturated rings. The topological polar surface area (TPSA) is 38.0 Å². The van der Waals surface area contributed by atoms with Gasteiger partial charge < -0.3 is 11.1 Å². The van der Waals surface area contributed by atoms with Crippen LogP contribution in [0.15, 0.2) is 0 Å². The molecule has 0 aromatic carbocycles. The molecular formula is C12H28N2S. The van der Waals surface area contributed by atoms with Gasteiger partial charge in [0, 0.05) is 12.6 Å². The smallest absolute Gasteiger partial charge is 0.0190 e. The maximum atomic E-state index is 5.75. The fourth-order valence-corrected chi connectivity index (χ4v) is 2.14. The highest BCUT2D eigenvalue weighted by Gasteiger charge is 2.08. The van der Waals surface area contributed by atoms with Gasteiger partial charge in [0.15, 0.2) is 0 Å². The maximum absolute atomic E-state index is 5.75. The molecule has 0 heterocycles. The van der Waals surface area contributed by atoms with Crippen molar-refractivity contribution in [3.63, 3.8) is 0 Å². The predicted molar refractivity (Wildman–Crippen MR) is 72.5 cm³/mol. The van der Waals surface area contributed by atoms with Gasteiger partial charge in [-0.15, -0.1) is 0 Å². The lowest BCUT2D eigenvalue weighted by atomic mass is 10.0. The minimum absolute atomic E-state index is 0.526. The second kappa shape index (κ2) is 10.8. The fourth-order valence-electron chi connectivity index (χ4n) is 1.69. The van der Waals surface area contributed by atoms with Gasteiger partial charge in [-0.3, -0.25) is 0 Å². The molecule has 1 atom stereocenters. The molecule has 0 saturated carbocycles. The summed E-state index contributed by atoms with van der Waals surface area (Å²) < 4.78 is 0. The zero-order valence-corrected chi connectivity index (χ0v) is 11.4. The molecule has 2 nitrogen and oxygen atoms in total. The summed E-state index contributed by atoms with van der Waals surface area (Å²) in [4.78, 5) is 0. The highest BCUT2D eigenvalue weighted by atomic mass is 32.2. The van der Waals surface area contributed by atoms with Crippen LogP contribution in [0.1, 0.15) is 39.5 Å². The van der Waals surface area contributed by atoms with Crippen molar-refractivity contribution in [2.45, 2.75) is 45.6 Å². The maximum Gasteiger partial charge on any atom is 0.0190 e. The Morgan fingerprint density at radius 2 is 1.93 bits per heavy atom. The Labute approximate surface area is 99.8 Å². The van der Waals surface area contributed by atoms with Crippen LogP contribution < -0.4 is 11.1 Å². The van der Waals surface area contributed by atoms with Gasteiger partial charge in [-0.1, -0.05) is 26.7 Å². The molecular weight excluding hydrogens is 204 g/mol. The quantitative estimate of drug-likeness (QED) is 0.568. The molecule has 0 aliphatic carbocycles. The molecule has 0 radical (unpaired) electrons. The van der Waals surface area contributed by atoms with E-state index < -0.39 is 0 Å². The van der Waals surface area contributed by atoms with Gasteiger partial charge >= 0.3 is 0 Å². The molecule has 0 aromatic heterocycles. The Hall–Kier alpha value is 0.270. The number of nitrogens with two attached hydrogens (primary N) is 1. The normalized spacial score (nSPS) is 13.4. The van der Waals surface area contributed by atoms with E-state index in [1.807, 2.05) is 11.8 Å². The lowest BCUT2D eigenvalue weighted by Gasteiger charge is -2.20. The first kappa shape index (κ1) is 15.3. The van der Waals surface area contributed by atoms with Gasteiger partial charge in [0.1, 0.15) is 0 Å². The summed E-state index contributed by atoms with van der Waals surface area (Å²) in [6, 6.07) is 0.526. The van der Waals surface area contributed by atoms with Crippen molar-refractivity contribution in [1.29, 1.82) is 0 Å².